The van der Waals surface area contributed by atoms with Gasteiger partial charge in [0.1, 0.15) is 0 Å². The quantitative estimate of drug-likeness (QED) is 0.618. The summed E-state index contributed by atoms with van der Waals surface area (Å²) in [6, 6.07) is 0. The minimum Gasteiger partial charge on any atom is -0.365 e. The predicted octanol–water partition coefficient (Wildman–Crippen LogP) is 1.38. The van der Waals surface area contributed by atoms with E-state index < -0.39 is 11.6 Å². The van der Waals surface area contributed by atoms with Crippen LogP contribution in [0.5, 0.6) is 0 Å². The Labute approximate surface area is 84.1 Å². The van der Waals surface area contributed by atoms with Crippen molar-refractivity contribution in [3.8, 4) is 0 Å². The van der Waals surface area contributed by atoms with E-state index in [0.717, 1.165) is 25.7 Å². The van der Waals surface area contributed by atoms with Gasteiger partial charge in [0.05, 0.1) is 0 Å². The number of rotatable bonds is 0. The molecule has 0 spiro atoms. The molecule has 2 saturated heterocycles. The molecule has 3 aliphatic rings. The maximum atomic E-state index is 10.5. The molecule has 3 fully saturated rings. The molecule has 14 heavy (non-hydrogen) atoms. The number of ether oxygens (including phenoxy) is 1. The second kappa shape index (κ2) is 2.71. The van der Waals surface area contributed by atoms with E-state index in [4.69, 9.17) is 4.74 Å². The first kappa shape index (κ1) is 9.13. The average Bonchev–Trinajstić information content (AvgIpc) is 2.14. The summed E-state index contributed by atoms with van der Waals surface area (Å²) in [4.78, 5) is 0. The topological polar surface area (TPSA) is 49.7 Å². The Hall–Kier alpha value is -0.120. The van der Waals surface area contributed by atoms with E-state index in [1.54, 1.807) is 0 Å². The van der Waals surface area contributed by atoms with Gasteiger partial charge in [0.25, 0.3) is 0 Å². The number of fused-ring (bicyclic) bond motifs is 1. The van der Waals surface area contributed by atoms with E-state index in [0.29, 0.717) is 12.8 Å². The highest BCUT2D eigenvalue weighted by atomic mass is 16.7. The van der Waals surface area contributed by atoms with E-state index in [1.807, 2.05) is 0 Å². The summed E-state index contributed by atoms with van der Waals surface area (Å²) >= 11 is 0. The summed E-state index contributed by atoms with van der Waals surface area (Å²) in [7, 11) is 0. The van der Waals surface area contributed by atoms with Crippen LogP contribution in [0.25, 0.3) is 0 Å². The van der Waals surface area contributed by atoms with Crippen LogP contribution in [-0.2, 0) is 4.74 Å². The number of hydrogen-bond acceptors (Lipinski definition) is 3. The molecular weight excluding hydrogens is 180 g/mol. The van der Waals surface area contributed by atoms with E-state index >= 15 is 0 Å². The van der Waals surface area contributed by atoms with E-state index in [-0.39, 0.29) is 11.8 Å². The highest BCUT2D eigenvalue weighted by molar-refractivity contribution is 4.99. The fraction of sp³-hybridized carbons (Fsp3) is 1.00. The Morgan fingerprint density at radius 3 is 2.07 bits per heavy atom. The molecular formula is C11H18O3. The maximum absolute atomic E-state index is 10.5. The Morgan fingerprint density at radius 2 is 1.50 bits per heavy atom. The fourth-order valence-electron chi connectivity index (χ4n) is 3.56. The lowest BCUT2D eigenvalue weighted by molar-refractivity contribution is -0.421. The van der Waals surface area contributed by atoms with Crippen molar-refractivity contribution in [2.45, 2.75) is 56.5 Å². The third kappa shape index (κ3) is 1.09. The monoisotopic (exact) mass is 198 g/mol. The minimum absolute atomic E-state index is 0.266. The molecule has 0 radical (unpaired) electrons. The molecule has 2 aliphatic heterocycles. The molecule has 3 nitrogen and oxygen atoms in total. The van der Waals surface area contributed by atoms with Crippen LogP contribution in [0.2, 0.25) is 0 Å². The summed E-state index contributed by atoms with van der Waals surface area (Å²) in [5, 5.41) is 20.5. The molecule has 0 amide bonds. The van der Waals surface area contributed by atoms with Gasteiger partial charge in [0.2, 0.25) is 0 Å². The zero-order valence-corrected chi connectivity index (χ0v) is 8.41. The first-order valence-corrected chi connectivity index (χ1v) is 5.77. The molecule has 1 aliphatic carbocycles. The largest absolute Gasteiger partial charge is 0.365 e. The molecule has 3 heteroatoms. The third-order valence-electron chi connectivity index (χ3n) is 4.40. The Balaban J connectivity index is 1.94. The summed E-state index contributed by atoms with van der Waals surface area (Å²) in [6.45, 7) is 0. The van der Waals surface area contributed by atoms with E-state index in [9.17, 15) is 10.2 Å². The highest BCUT2D eigenvalue weighted by Crippen LogP contribution is 2.54. The van der Waals surface area contributed by atoms with Gasteiger partial charge in [0, 0.05) is 24.7 Å². The lowest BCUT2D eigenvalue weighted by atomic mass is 9.66. The summed E-state index contributed by atoms with van der Waals surface area (Å²) in [6.07, 6.45) is 6.57. The predicted molar refractivity (Wildman–Crippen MR) is 50.3 cm³/mol. The van der Waals surface area contributed by atoms with Gasteiger partial charge in [-0.1, -0.05) is 6.42 Å². The molecule has 0 aromatic carbocycles. The molecule has 0 aromatic rings. The second-order valence-corrected chi connectivity index (χ2v) is 5.20. The summed E-state index contributed by atoms with van der Waals surface area (Å²) in [5.74, 6) is -1.48. The van der Waals surface area contributed by atoms with E-state index in [1.165, 1.54) is 6.42 Å². The first-order chi connectivity index (χ1) is 6.62. The molecule has 2 N–H and O–H groups in total. The van der Waals surface area contributed by atoms with Crippen LogP contribution >= 0.6 is 0 Å². The summed E-state index contributed by atoms with van der Waals surface area (Å²) in [5.41, 5.74) is 0. The maximum Gasteiger partial charge on any atom is 0.174 e. The van der Waals surface area contributed by atoms with Crippen LogP contribution < -0.4 is 0 Å². The third-order valence-corrected chi connectivity index (χ3v) is 4.40. The van der Waals surface area contributed by atoms with Crippen LogP contribution in [0, 0.1) is 11.8 Å². The molecule has 80 valence electrons. The second-order valence-electron chi connectivity index (χ2n) is 5.20. The molecule has 3 rings (SSSR count). The van der Waals surface area contributed by atoms with Crippen molar-refractivity contribution in [2.24, 2.45) is 11.8 Å². The molecule has 2 heterocycles. The van der Waals surface area contributed by atoms with Crippen LogP contribution in [-0.4, -0.2) is 21.8 Å². The summed E-state index contributed by atoms with van der Waals surface area (Å²) < 4.78 is 5.58. The first-order valence-electron chi connectivity index (χ1n) is 5.77. The van der Waals surface area contributed by atoms with Crippen molar-refractivity contribution in [3.05, 3.63) is 0 Å². The molecule has 2 unspecified atom stereocenters. The van der Waals surface area contributed by atoms with Gasteiger partial charge < -0.3 is 14.9 Å². The highest BCUT2D eigenvalue weighted by Gasteiger charge is 2.58. The van der Waals surface area contributed by atoms with Crippen LogP contribution in [0.15, 0.2) is 0 Å². The van der Waals surface area contributed by atoms with Gasteiger partial charge in [-0.15, -0.1) is 0 Å². The average molecular weight is 198 g/mol. The van der Waals surface area contributed by atoms with Crippen molar-refractivity contribution in [2.75, 3.05) is 0 Å². The zero-order chi connectivity index (χ0) is 9.81. The Kier molecular flexibility index (Phi) is 1.77. The van der Waals surface area contributed by atoms with Crippen molar-refractivity contribution >= 4 is 0 Å². The van der Waals surface area contributed by atoms with Crippen molar-refractivity contribution < 1.29 is 14.9 Å². The molecule has 4 atom stereocenters. The Bertz CT molecular complexity index is 235. The van der Waals surface area contributed by atoms with Gasteiger partial charge in [-0.2, -0.15) is 0 Å². The van der Waals surface area contributed by atoms with Gasteiger partial charge in [0.15, 0.2) is 11.6 Å². The van der Waals surface area contributed by atoms with Crippen LogP contribution in [0.4, 0.5) is 0 Å². The molecule has 2 bridgehead atoms. The lowest BCUT2D eigenvalue weighted by Crippen LogP contribution is -2.62. The van der Waals surface area contributed by atoms with Crippen LogP contribution in [0.1, 0.15) is 44.9 Å². The number of hydrogen-bond donors (Lipinski definition) is 2. The van der Waals surface area contributed by atoms with E-state index in [2.05, 4.69) is 0 Å². The zero-order valence-electron chi connectivity index (χ0n) is 8.41. The standard InChI is InChI=1S/C11H18O3/c12-10-6-4-8-2-1-3-9(5-7-10)11(8,13)14-10/h8-9,12-13H,1-7H2/t8-,9+,10?,11?. The molecule has 0 aromatic heterocycles. The minimum atomic E-state index is -1.01. The van der Waals surface area contributed by atoms with Gasteiger partial charge in [-0.25, -0.2) is 0 Å². The fourth-order valence-corrected chi connectivity index (χ4v) is 3.56. The SMILES string of the molecule is OC12CC[C@H]3CCC[C@@H](CC1)C3(O)O2. The van der Waals surface area contributed by atoms with Crippen molar-refractivity contribution in [1.82, 2.24) is 0 Å². The normalized spacial score (nSPS) is 57.0. The van der Waals surface area contributed by atoms with Gasteiger partial charge in [-0.05, 0) is 25.7 Å². The van der Waals surface area contributed by atoms with Gasteiger partial charge >= 0.3 is 0 Å². The smallest absolute Gasteiger partial charge is 0.174 e. The van der Waals surface area contributed by atoms with Gasteiger partial charge in [-0.3, -0.25) is 0 Å². The lowest BCUT2D eigenvalue weighted by Gasteiger charge is -2.56. The van der Waals surface area contributed by atoms with Crippen molar-refractivity contribution in [1.29, 1.82) is 0 Å². The van der Waals surface area contributed by atoms with Crippen LogP contribution in [0.3, 0.4) is 0 Å². The molecule has 1 saturated carbocycles. The number of aliphatic hydroxyl groups is 2. The van der Waals surface area contributed by atoms with Crippen molar-refractivity contribution in [3.63, 3.8) is 0 Å². The Morgan fingerprint density at radius 1 is 0.929 bits per heavy atom.